The van der Waals surface area contributed by atoms with Gasteiger partial charge < -0.3 is 9.88 Å². The van der Waals surface area contributed by atoms with Crippen LogP contribution in [0.15, 0.2) is 36.0 Å². The number of aromatic nitrogens is 1. The van der Waals surface area contributed by atoms with E-state index in [-0.39, 0.29) is 0 Å². The van der Waals surface area contributed by atoms with E-state index in [9.17, 15) is 4.39 Å². The van der Waals surface area contributed by atoms with E-state index in [1.54, 1.807) is 11.3 Å². The lowest BCUT2D eigenvalue weighted by Gasteiger charge is -2.23. The number of likely N-dealkylation sites (tertiary alicyclic amines) is 1. The van der Waals surface area contributed by atoms with E-state index >= 15 is 0 Å². The number of halogens is 1. The van der Waals surface area contributed by atoms with Crippen molar-refractivity contribution in [1.29, 1.82) is 0 Å². The molecule has 3 rings (SSSR count). The van der Waals surface area contributed by atoms with Crippen LogP contribution >= 0.6 is 11.3 Å². The zero-order valence-electron chi connectivity index (χ0n) is 12.3. The standard InChI is InChI=1S/C16H22FN3S/c1-19-5-4-13(10-19)8-18-9-15-7-14(17)11-20(15)12-16-3-2-6-21-16/h2-6,10,14-15,18H,7-9,11-12H2,1H3/t14-,15-/m0/s1. The van der Waals surface area contributed by atoms with E-state index in [2.05, 4.69) is 40.0 Å². The summed E-state index contributed by atoms with van der Waals surface area (Å²) in [7, 11) is 2.02. The highest BCUT2D eigenvalue weighted by Crippen LogP contribution is 2.23. The van der Waals surface area contributed by atoms with E-state index in [1.807, 2.05) is 17.8 Å². The Morgan fingerprint density at radius 3 is 3.05 bits per heavy atom. The number of hydrogen-bond donors (Lipinski definition) is 1. The number of nitrogens with one attached hydrogen (secondary N) is 1. The summed E-state index contributed by atoms with van der Waals surface area (Å²) in [5, 5.41) is 5.55. The minimum absolute atomic E-state index is 0.297. The molecule has 21 heavy (non-hydrogen) atoms. The molecule has 1 aliphatic rings. The van der Waals surface area contributed by atoms with Crippen molar-refractivity contribution in [3.8, 4) is 0 Å². The summed E-state index contributed by atoms with van der Waals surface area (Å²) in [6.45, 7) is 3.13. The molecule has 0 saturated carbocycles. The zero-order chi connectivity index (χ0) is 14.7. The minimum atomic E-state index is -0.687. The van der Waals surface area contributed by atoms with Crippen molar-refractivity contribution in [2.75, 3.05) is 13.1 Å². The first kappa shape index (κ1) is 14.8. The highest BCUT2D eigenvalue weighted by molar-refractivity contribution is 7.09. The Morgan fingerprint density at radius 1 is 1.43 bits per heavy atom. The van der Waals surface area contributed by atoms with E-state index < -0.39 is 6.17 Å². The van der Waals surface area contributed by atoms with Gasteiger partial charge in [-0.25, -0.2) is 4.39 Å². The SMILES string of the molecule is Cn1ccc(CNC[C@@H]2C[C@H](F)CN2Cc2cccs2)c1. The highest BCUT2D eigenvalue weighted by Gasteiger charge is 2.31. The van der Waals surface area contributed by atoms with Gasteiger partial charge in [-0.2, -0.15) is 0 Å². The van der Waals surface area contributed by atoms with Crippen molar-refractivity contribution < 1.29 is 4.39 Å². The molecule has 114 valence electrons. The van der Waals surface area contributed by atoms with Gasteiger partial charge in [0.25, 0.3) is 0 Å². The monoisotopic (exact) mass is 307 g/mol. The molecule has 1 saturated heterocycles. The quantitative estimate of drug-likeness (QED) is 0.885. The lowest BCUT2D eigenvalue weighted by Crippen LogP contribution is -2.37. The number of rotatable bonds is 6. The Balaban J connectivity index is 1.50. The fourth-order valence-corrected chi connectivity index (χ4v) is 3.71. The third-order valence-electron chi connectivity index (χ3n) is 4.02. The number of hydrogen-bond acceptors (Lipinski definition) is 3. The smallest absolute Gasteiger partial charge is 0.114 e. The third kappa shape index (κ3) is 3.93. The first-order valence-electron chi connectivity index (χ1n) is 7.43. The van der Waals surface area contributed by atoms with Gasteiger partial charge in [0.05, 0.1) is 0 Å². The maximum absolute atomic E-state index is 13.7. The molecule has 0 aliphatic carbocycles. The number of alkyl halides is 1. The molecule has 2 aromatic rings. The van der Waals surface area contributed by atoms with E-state index in [0.29, 0.717) is 19.0 Å². The molecule has 0 bridgehead atoms. The Labute approximate surface area is 129 Å². The topological polar surface area (TPSA) is 20.2 Å². The van der Waals surface area contributed by atoms with E-state index in [4.69, 9.17) is 0 Å². The van der Waals surface area contributed by atoms with Crippen LogP contribution in [0.3, 0.4) is 0 Å². The third-order valence-corrected chi connectivity index (χ3v) is 4.88. The lowest BCUT2D eigenvalue weighted by atomic mass is 10.2. The largest absolute Gasteiger partial charge is 0.357 e. The van der Waals surface area contributed by atoms with Crippen LogP contribution in [0.25, 0.3) is 0 Å². The van der Waals surface area contributed by atoms with Crippen LogP contribution in [0.5, 0.6) is 0 Å². The molecule has 0 spiro atoms. The van der Waals surface area contributed by atoms with E-state index in [0.717, 1.165) is 19.6 Å². The summed E-state index contributed by atoms with van der Waals surface area (Å²) in [5.41, 5.74) is 1.28. The molecule has 1 fully saturated rings. The molecule has 0 amide bonds. The Kier molecular flexibility index (Phi) is 4.73. The average molecular weight is 307 g/mol. The normalized spacial score (nSPS) is 23.0. The molecule has 3 nitrogen and oxygen atoms in total. The number of thiophene rings is 1. The van der Waals surface area contributed by atoms with Crippen molar-refractivity contribution in [2.24, 2.45) is 7.05 Å². The number of aryl methyl sites for hydroxylation is 1. The zero-order valence-corrected chi connectivity index (χ0v) is 13.2. The fraction of sp³-hybridized carbons (Fsp3) is 0.500. The highest BCUT2D eigenvalue weighted by atomic mass is 32.1. The molecular formula is C16H22FN3S. The Morgan fingerprint density at radius 2 is 2.33 bits per heavy atom. The van der Waals surface area contributed by atoms with Crippen LogP contribution in [0.1, 0.15) is 16.9 Å². The second kappa shape index (κ2) is 6.73. The van der Waals surface area contributed by atoms with Crippen molar-refractivity contribution in [3.63, 3.8) is 0 Å². The summed E-state index contributed by atoms with van der Waals surface area (Å²) < 4.78 is 15.8. The van der Waals surface area contributed by atoms with Crippen molar-refractivity contribution in [2.45, 2.75) is 31.7 Å². The maximum Gasteiger partial charge on any atom is 0.114 e. The fourth-order valence-electron chi connectivity index (χ4n) is 2.98. The molecule has 1 N–H and O–H groups in total. The van der Waals surface area contributed by atoms with Gasteiger partial charge in [-0.1, -0.05) is 6.07 Å². The second-order valence-electron chi connectivity index (χ2n) is 5.81. The van der Waals surface area contributed by atoms with Crippen molar-refractivity contribution in [1.82, 2.24) is 14.8 Å². The predicted molar refractivity (Wildman–Crippen MR) is 85.1 cm³/mol. The summed E-state index contributed by atoms with van der Waals surface area (Å²) in [5.74, 6) is 0. The van der Waals surface area contributed by atoms with Gasteiger partial charge >= 0.3 is 0 Å². The molecule has 2 aromatic heterocycles. The summed E-state index contributed by atoms with van der Waals surface area (Å²) >= 11 is 1.75. The van der Waals surface area contributed by atoms with Gasteiger partial charge in [0.1, 0.15) is 6.17 Å². The predicted octanol–water partition coefficient (Wildman–Crippen LogP) is 2.79. The molecular weight excluding hydrogens is 285 g/mol. The molecule has 0 unspecified atom stereocenters. The summed E-state index contributed by atoms with van der Waals surface area (Å²) in [6.07, 6.45) is 4.12. The Bertz CT molecular complexity index is 552. The lowest BCUT2D eigenvalue weighted by molar-refractivity contribution is 0.232. The first-order valence-corrected chi connectivity index (χ1v) is 8.31. The van der Waals surface area contributed by atoms with Crippen LogP contribution in [0.2, 0.25) is 0 Å². The number of nitrogens with zero attached hydrogens (tertiary/aromatic N) is 2. The van der Waals surface area contributed by atoms with Crippen molar-refractivity contribution >= 4 is 11.3 Å². The van der Waals surface area contributed by atoms with Gasteiger partial charge in [0.15, 0.2) is 0 Å². The van der Waals surface area contributed by atoms with Crippen LogP contribution in [0, 0.1) is 0 Å². The molecule has 5 heteroatoms. The van der Waals surface area contributed by atoms with Gasteiger partial charge in [0.2, 0.25) is 0 Å². The molecule has 0 radical (unpaired) electrons. The van der Waals surface area contributed by atoms with Crippen LogP contribution in [0.4, 0.5) is 4.39 Å². The van der Waals surface area contributed by atoms with Gasteiger partial charge in [-0.3, -0.25) is 4.90 Å². The van der Waals surface area contributed by atoms with Gasteiger partial charge in [-0.15, -0.1) is 11.3 Å². The van der Waals surface area contributed by atoms with Crippen LogP contribution in [-0.2, 0) is 20.1 Å². The second-order valence-corrected chi connectivity index (χ2v) is 6.84. The van der Waals surface area contributed by atoms with Gasteiger partial charge in [0, 0.05) is 56.5 Å². The first-order chi connectivity index (χ1) is 10.2. The van der Waals surface area contributed by atoms with Gasteiger partial charge in [-0.05, 0) is 29.5 Å². The molecule has 2 atom stereocenters. The Hall–Kier alpha value is -1.17. The molecule has 0 aromatic carbocycles. The summed E-state index contributed by atoms with van der Waals surface area (Å²) in [4.78, 5) is 3.59. The van der Waals surface area contributed by atoms with Crippen LogP contribution < -0.4 is 5.32 Å². The maximum atomic E-state index is 13.7. The summed E-state index contributed by atoms with van der Waals surface area (Å²) in [6, 6.07) is 6.60. The molecule has 3 heterocycles. The average Bonchev–Trinajstić information content (AvgIpc) is 3.15. The minimum Gasteiger partial charge on any atom is -0.357 e. The molecule has 1 aliphatic heterocycles. The van der Waals surface area contributed by atoms with Crippen LogP contribution in [-0.4, -0.2) is 34.8 Å². The van der Waals surface area contributed by atoms with Crippen molar-refractivity contribution in [3.05, 3.63) is 46.4 Å². The van der Waals surface area contributed by atoms with E-state index in [1.165, 1.54) is 10.4 Å².